The van der Waals surface area contributed by atoms with Gasteiger partial charge >= 0.3 is 0 Å². The predicted octanol–water partition coefficient (Wildman–Crippen LogP) is 0.296. The van der Waals surface area contributed by atoms with Gasteiger partial charge in [0.25, 0.3) is 0 Å². The molecular weight excluding hydrogens is 232 g/mol. The number of ether oxygens (including phenoxy) is 2. The molecule has 2 heterocycles. The van der Waals surface area contributed by atoms with E-state index in [-0.39, 0.29) is 23.5 Å². The Morgan fingerprint density at radius 2 is 2.22 bits per heavy atom. The number of methoxy groups -OCH3 is 1. The normalized spacial score (nSPS) is 31.2. The van der Waals surface area contributed by atoms with Gasteiger partial charge in [-0.15, -0.1) is 0 Å². The molecule has 0 radical (unpaired) electrons. The second kappa shape index (κ2) is 5.99. The molecule has 2 fully saturated rings. The van der Waals surface area contributed by atoms with Gasteiger partial charge in [-0.1, -0.05) is 6.92 Å². The van der Waals surface area contributed by atoms with Crippen LogP contribution in [0.15, 0.2) is 0 Å². The molecule has 0 spiro atoms. The third kappa shape index (κ3) is 3.43. The third-order valence-corrected chi connectivity index (χ3v) is 4.13. The van der Waals surface area contributed by atoms with Gasteiger partial charge in [-0.2, -0.15) is 0 Å². The molecule has 2 aliphatic heterocycles. The Labute approximate surface area is 109 Å². The number of hydrogen-bond acceptors (Lipinski definition) is 4. The van der Waals surface area contributed by atoms with Gasteiger partial charge in [-0.3, -0.25) is 4.79 Å². The first-order chi connectivity index (χ1) is 8.63. The van der Waals surface area contributed by atoms with Gasteiger partial charge in [0.15, 0.2) is 0 Å². The summed E-state index contributed by atoms with van der Waals surface area (Å²) in [5.41, 5.74) is 0.188. The highest BCUT2D eigenvalue weighted by atomic mass is 16.5. The van der Waals surface area contributed by atoms with Gasteiger partial charge in [-0.25, -0.2) is 0 Å². The topological polar surface area (TPSA) is 59.6 Å². The molecule has 2 rings (SSSR count). The molecule has 0 aromatic rings. The Kier molecular flexibility index (Phi) is 4.59. The maximum absolute atomic E-state index is 12.0. The molecule has 104 valence electrons. The second-order valence-electron chi connectivity index (χ2n) is 5.70. The van der Waals surface area contributed by atoms with Crippen LogP contribution in [-0.4, -0.2) is 51.5 Å². The Morgan fingerprint density at radius 3 is 2.83 bits per heavy atom. The van der Waals surface area contributed by atoms with Crippen LogP contribution in [0.1, 0.15) is 26.2 Å². The Bertz CT molecular complexity index is 290. The zero-order valence-electron chi connectivity index (χ0n) is 11.3. The van der Waals surface area contributed by atoms with E-state index in [1.54, 1.807) is 7.11 Å². The highest BCUT2D eigenvalue weighted by molar-refractivity contribution is 5.82. The first kappa shape index (κ1) is 13.8. The largest absolute Gasteiger partial charge is 0.381 e. The van der Waals surface area contributed by atoms with E-state index in [0.717, 1.165) is 45.6 Å². The van der Waals surface area contributed by atoms with Gasteiger partial charge in [0.1, 0.15) is 0 Å². The smallest absolute Gasteiger partial charge is 0.237 e. The summed E-state index contributed by atoms with van der Waals surface area (Å²) in [5.74, 6) is 0.0993. The van der Waals surface area contributed by atoms with E-state index in [9.17, 15) is 4.79 Å². The third-order valence-electron chi connectivity index (χ3n) is 4.13. The molecule has 2 N–H and O–H groups in total. The molecule has 0 aromatic heterocycles. The molecule has 1 amide bonds. The van der Waals surface area contributed by atoms with Crippen LogP contribution in [0.2, 0.25) is 0 Å². The summed E-state index contributed by atoms with van der Waals surface area (Å²) in [4.78, 5) is 12.0. The predicted molar refractivity (Wildman–Crippen MR) is 68.4 cm³/mol. The molecule has 0 aliphatic carbocycles. The SMILES string of the molecule is COC1CNC(C(=O)NCC2(C)CCOCC2)C1. The molecule has 18 heavy (non-hydrogen) atoms. The van der Waals surface area contributed by atoms with Crippen LogP contribution in [0, 0.1) is 5.41 Å². The summed E-state index contributed by atoms with van der Waals surface area (Å²) >= 11 is 0. The first-order valence-corrected chi connectivity index (χ1v) is 6.75. The molecule has 2 atom stereocenters. The van der Waals surface area contributed by atoms with Crippen LogP contribution in [0.4, 0.5) is 0 Å². The molecule has 2 saturated heterocycles. The van der Waals surface area contributed by atoms with Crippen molar-refractivity contribution >= 4 is 5.91 Å². The highest BCUT2D eigenvalue weighted by Crippen LogP contribution is 2.28. The van der Waals surface area contributed by atoms with E-state index < -0.39 is 0 Å². The molecular formula is C13H24N2O3. The highest BCUT2D eigenvalue weighted by Gasteiger charge is 2.32. The van der Waals surface area contributed by atoms with Crippen LogP contribution in [0.3, 0.4) is 0 Å². The van der Waals surface area contributed by atoms with Crippen molar-refractivity contribution in [1.29, 1.82) is 0 Å². The minimum Gasteiger partial charge on any atom is -0.381 e. The van der Waals surface area contributed by atoms with Crippen LogP contribution in [0.5, 0.6) is 0 Å². The fraction of sp³-hybridized carbons (Fsp3) is 0.923. The van der Waals surface area contributed by atoms with Crippen molar-refractivity contribution in [3.05, 3.63) is 0 Å². The second-order valence-corrected chi connectivity index (χ2v) is 5.70. The average molecular weight is 256 g/mol. The van der Waals surface area contributed by atoms with E-state index in [2.05, 4.69) is 17.6 Å². The fourth-order valence-electron chi connectivity index (χ4n) is 2.55. The minimum atomic E-state index is -0.0987. The summed E-state index contributed by atoms with van der Waals surface area (Å²) in [5, 5.41) is 6.26. The van der Waals surface area contributed by atoms with Crippen molar-refractivity contribution in [2.75, 3.05) is 33.4 Å². The first-order valence-electron chi connectivity index (χ1n) is 6.75. The number of carbonyl (C=O) groups is 1. The molecule has 0 bridgehead atoms. The van der Waals surface area contributed by atoms with Crippen LogP contribution in [0.25, 0.3) is 0 Å². The number of amides is 1. The Morgan fingerprint density at radius 1 is 1.50 bits per heavy atom. The zero-order valence-corrected chi connectivity index (χ0v) is 11.3. The van der Waals surface area contributed by atoms with E-state index in [0.29, 0.717) is 0 Å². The Hall–Kier alpha value is -0.650. The van der Waals surface area contributed by atoms with E-state index in [1.807, 2.05) is 0 Å². The molecule has 5 nitrogen and oxygen atoms in total. The van der Waals surface area contributed by atoms with E-state index >= 15 is 0 Å². The van der Waals surface area contributed by atoms with Gasteiger partial charge in [-0.05, 0) is 24.7 Å². The summed E-state index contributed by atoms with van der Waals surface area (Å²) in [6, 6.07) is -0.0987. The Balaban J connectivity index is 1.74. The van der Waals surface area contributed by atoms with Gasteiger partial charge in [0, 0.05) is 33.4 Å². The number of rotatable bonds is 4. The summed E-state index contributed by atoms with van der Waals surface area (Å²) in [6.45, 7) is 5.33. The average Bonchev–Trinajstić information content (AvgIpc) is 2.86. The maximum Gasteiger partial charge on any atom is 0.237 e. The molecule has 0 saturated carbocycles. The molecule has 0 aromatic carbocycles. The van der Waals surface area contributed by atoms with Gasteiger partial charge in [0.05, 0.1) is 12.1 Å². The summed E-state index contributed by atoms with van der Waals surface area (Å²) < 4.78 is 10.6. The van der Waals surface area contributed by atoms with Gasteiger partial charge < -0.3 is 20.1 Å². The molecule has 5 heteroatoms. The summed E-state index contributed by atoms with van der Waals surface area (Å²) in [7, 11) is 1.69. The lowest BCUT2D eigenvalue weighted by molar-refractivity contribution is -0.123. The maximum atomic E-state index is 12.0. The molecule has 2 unspecified atom stereocenters. The van der Waals surface area contributed by atoms with Crippen molar-refractivity contribution in [3.63, 3.8) is 0 Å². The minimum absolute atomic E-state index is 0.0987. The monoisotopic (exact) mass is 256 g/mol. The quantitative estimate of drug-likeness (QED) is 0.759. The number of nitrogens with one attached hydrogen (secondary N) is 2. The van der Waals surface area contributed by atoms with Crippen LogP contribution in [-0.2, 0) is 14.3 Å². The van der Waals surface area contributed by atoms with Crippen LogP contribution >= 0.6 is 0 Å². The number of hydrogen-bond donors (Lipinski definition) is 2. The number of carbonyl (C=O) groups excluding carboxylic acids is 1. The fourth-order valence-corrected chi connectivity index (χ4v) is 2.55. The van der Waals surface area contributed by atoms with Crippen molar-refractivity contribution in [1.82, 2.24) is 10.6 Å². The zero-order chi connectivity index (χ0) is 13.0. The van der Waals surface area contributed by atoms with Crippen molar-refractivity contribution in [2.24, 2.45) is 5.41 Å². The lowest BCUT2D eigenvalue weighted by Gasteiger charge is -2.33. The molecule has 2 aliphatic rings. The van der Waals surface area contributed by atoms with E-state index in [1.165, 1.54) is 0 Å². The van der Waals surface area contributed by atoms with Crippen LogP contribution < -0.4 is 10.6 Å². The lowest BCUT2D eigenvalue weighted by atomic mass is 9.82. The van der Waals surface area contributed by atoms with E-state index in [4.69, 9.17) is 9.47 Å². The van der Waals surface area contributed by atoms with Crippen molar-refractivity contribution in [2.45, 2.75) is 38.3 Å². The van der Waals surface area contributed by atoms with Crippen molar-refractivity contribution in [3.8, 4) is 0 Å². The van der Waals surface area contributed by atoms with Crippen molar-refractivity contribution < 1.29 is 14.3 Å². The standard InChI is InChI=1S/C13H24N2O3/c1-13(3-5-18-6-4-13)9-15-12(16)11-7-10(17-2)8-14-11/h10-11,14H,3-9H2,1-2H3,(H,15,16). The lowest BCUT2D eigenvalue weighted by Crippen LogP contribution is -2.45. The van der Waals surface area contributed by atoms with Gasteiger partial charge in [0.2, 0.25) is 5.91 Å². The summed E-state index contributed by atoms with van der Waals surface area (Å²) in [6.07, 6.45) is 2.97.